The zero-order chi connectivity index (χ0) is 47.2. The third-order valence-corrected chi connectivity index (χ3v) is 13.6. The maximum absolute atomic E-state index is 16.5. The van der Waals surface area contributed by atoms with Crippen molar-refractivity contribution in [1.29, 1.82) is 0 Å². The molecule has 0 radical (unpaired) electrons. The number of hydrogen-bond donors (Lipinski definition) is 1. The lowest BCUT2D eigenvalue weighted by atomic mass is 9.64. The van der Waals surface area contributed by atoms with Gasteiger partial charge in [-0.3, -0.25) is 19.3 Å². The molecule has 1 spiro atoms. The first-order valence-corrected chi connectivity index (χ1v) is 23.3. The van der Waals surface area contributed by atoms with Gasteiger partial charge in [0.15, 0.2) is 0 Å². The zero-order valence-electron chi connectivity index (χ0n) is 38.3. The third-order valence-electron chi connectivity index (χ3n) is 13.6. The van der Waals surface area contributed by atoms with Gasteiger partial charge < -0.3 is 33.7 Å². The standard InChI is InChI=1S/C55H55N3O10/c1-64-33-34-67-54(63)57-45-28-25-38(22-21-37-23-26-42(65-2)27-24-37)35-44(45)55(53(57)62)46(51(60)56-29-12-4-3-5-13-30-56)48-52(61)68-49(40-17-10-7-11-18-40)47(39-15-8-6-9-16-39)58(48)50(55)41-19-14-20-43(36-41)66-32-31-59/h6-11,14-20,23-28,35-36,46-50,59H,3-5,12-13,29-34H2,1-2H3. The fourth-order valence-electron chi connectivity index (χ4n) is 10.6. The Labute approximate surface area is 396 Å². The summed E-state index contributed by atoms with van der Waals surface area (Å²) in [4.78, 5) is 67.7. The molecule has 6 atom stereocenters. The lowest BCUT2D eigenvalue weighted by Crippen LogP contribution is -2.56. The topological polar surface area (TPSA) is 144 Å². The van der Waals surface area contributed by atoms with E-state index in [1.807, 2.05) is 95.9 Å². The van der Waals surface area contributed by atoms with Crippen LogP contribution in [-0.4, -0.2) is 98.6 Å². The molecule has 0 aliphatic carbocycles. The van der Waals surface area contributed by atoms with E-state index in [0.717, 1.165) is 48.1 Å². The van der Waals surface area contributed by atoms with Gasteiger partial charge in [0.05, 0.1) is 44.0 Å². The number of imide groups is 1. The van der Waals surface area contributed by atoms with Crippen LogP contribution in [0.1, 0.15) is 83.7 Å². The molecule has 0 saturated carbocycles. The van der Waals surface area contributed by atoms with Crippen molar-refractivity contribution < 1.29 is 48.0 Å². The minimum atomic E-state index is -1.98. The fourth-order valence-corrected chi connectivity index (χ4v) is 10.6. The third kappa shape index (κ3) is 8.60. The molecule has 0 aromatic heterocycles. The van der Waals surface area contributed by atoms with Crippen molar-refractivity contribution in [2.75, 3.05) is 58.6 Å². The summed E-state index contributed by atoms with van der Waals surface area (Å²) in [5, 5.41) is 9.84. The summed E-state index contributed by atoms with van der Waals surface area (Å²) < 4.78 is 29.0. The predicted molar refractivity (Wildman–Crippen MR) is 253 cm³/mol. The van der Waals surface area contributed by atoms with Gasteiger partial charge in [-0.1, -0.05) is 104 Å². The molecule has 3 fully saturated rings. The van der Waals surface area contributed by atoms with Gasteiger partial charge in [-0.15, -0.1) is 0 Å². The van der Waals surface area contributed by atoms with Crippen LogP contribution >= 0.6 is 0 Å². The number of rotatable bonds is 11. The Balaban J connectivity index is 1.36. The van der Waals surface area contributed by atoms with Crippen molar-refractivity contribution in [3.05, 3.63) is 161 Å². The Morgan fingerprint density at radius 3 is 2.06 bits per heavy atom. The van der Waals surface area contributed by atoms with Crippen molar-refractivity contribution >= 4 is 29.6 Å². The quantitative estimate of drug-likeness (QED) is 0.0791. The molecule has 350 valence electrons. The first kappa shape index (κ1) is 46.1. The second-order valence-corrected chi connectivity index (χ2v) is 17.5. The molecule has 5 aromatic carbocycles. The largest absolute Gasteiger partial charge is 0.497 e. The second kappa shape index (κ2) is 20.5. The van der Waals surface area contributed by atoms with Crippen LogP contribution in [0.2, 0.25) is 0 Å². The first-order valence-electron chi connectivity index (χ1n) is 23.3. The molecular formula is C55H55N3O10. The summed E-state index contributed by atoms with van der Waals surface area (Å²) in [6.45, 7) is 0.530. The number of likely N-dealkylation sites (tertiary alicyclic amines) is 1. The van der Waals surface area contributed by atoms with Crippen LogP contribution in [0, 0.1) is 17.8 Å². The van der Waals surface area contributed by atoms with Crippen molar-refractivity contribution in [2.45, 2.75) is 61.7 Å². The van der Waals surface area contributed by atoms with Gasteiger partial charge in [0.25, 0.3) is 0 Å². The van der Waals surface area contributed by atoms with E-state index in [4.69, 9.17) is 23.7 Å². The number of nitrogens with zero attached hydrogens (tertiary/aromatic N) is 3. The highest BCUT2D eigenvalue weighted by molar-refractivity contribution is 6.23. The number of morpholine rings is 1. The summed E-state index contributed by atoms with van der Waals surface area (Å²) in [7, 11) is 3.08. The number of aliphatic hydroxyl groups excluding tert-OH is 1. The number of anilines is 1. The van der Waals surface area contributed by atoms with E-state index >= 15 is 14.4 Å². The van der Waals surface area contributed by atoms with Crippen molar-refractivity contribution in [1.82, 2.24) is 9.80 Å². The Hall–Kier alpha value is -6.98. The number of benzene rings is 5. The Kier molecular flexibility index (Phi) is 13.9. The number of carbonyl (C=O) groups is 4. The summed E-state index contributed by atoms with van der Waals surface area (Å²) in [6, 6.07) is 35.6. The van der Waals surface area contributed by atoms with E-state index in [0.29, 0.717) is 46.8 Å². The SMILES string of the molecule is COCCOC(=O)N1C(=O)C2(c3cc(C#Cc4ccc(OC)cc4)ccc31)C(C(=O)N1CCCCCCC1)C1C(=O)OC(c3ccccc3)C(c3ccccc3)N1C2c1cccc(OCCO)c1. The Morgan fingerprint density at radius 2 is 1.37 bits per heavy atom. The van der Waals surface area contributed by atoms with Crippen molar-refractivity contribution in [2.24, 2.45) is 5.92 Å². The van der Waals surface area contributed by atoms with Gasteiger partial charge in [-0.05, 0) is 89.7 Å². The molecule has 1 N–H and O–H groups in total. The average molecular weight is 918 g/mol. The fraction of sp³-hybridized carbons (Fsp3) is 0.345. The van der Waals surface area contributed by atoms with E-state index in [9.17, 15) is 9.90 Å². The minimum Gasteiger partial charge on any atom is -0.497 e. The van der Waals surface area contributed by atoms with Gasteiger partial charge in [-0.25, -0.2) is 9.69 Å². The molecule has 9 rings (SSSR count). The van der Waals surface area contributed by atoms with E-state index < -0.39 is 53.5 Å². The highest BCUT2D eigenvalue weighted by Gasteiger charge is 2.76. The maximum atomic E-state index is 16.5. The van der Waals surface area contributed by atoms with Gasteiger partial charge >= 0.3 is 12.1 Å². The van der Waals surface area contributed by atoms with Crippen LogP contribution in [0.4, 0.5) is 10.5 Å². The zero-order valence-corrected chi connectivity index (χ0v) is 38.3. The van der Waals surface area contributed by atoms with E-state index in [1.165, 1.54) is 7.11 Å². The molecule has 6 unspecified atom stereocenters. The minimum absolute atomic E-state index is 0.00416. The molecule has 4 aliphatic heterocycles. The summed E-state index contributed by atoms with van der Waals surface area (Å²) in [6.07, 6.45) is 2.54. The summed E-state index contributed by atoms with van der Waals surface area (Å²) >= 11 is 0. The molecule has 4 aliphatic rings. The van der Waals surface area contributed by atoms with Crippen LogP contribution in [0.5, 0.6) is 11.5 Å². The van der Waals surface area contributed by atoms with Crippen LogP contribution in [0.25, 0.3) is 0 Å². The lowest BCUT2D eigenvalue weighted by Gasteiger charge is -2.46. The van der Waals surface area contributed by atoms with E-state index in [2.05, 4.69) is 11.8 Å². The van der Waals surface area contributed by atoms with Crippen molar-refractivity contribution in [3.8, 4) is 23.3 Å². The molecule has 68 heavy (non-hydrogen) atoms. The number of amides is 3. The van der Waals surface area contributed by atoms with Crippen molar-refractivity contribution in [3.63, 3.8) is 0 Å². The average Bonchev–Trinajstić information content (AvgIpc) is 3.82. The van der Waals surface area contributed by atoms with Crippen LogP contribution < -0.4 is 14.4 Å². The number of fused-ring (bicyclic) bond motifs is 3. The molecule has 13 heteroatoms. The number of cyclic esters (lactones) is 1. The molecule has 3 amide bonds. The number of carbonyl (C=O) groups excluding carboxylic acids is 4. The number of hydrogen-bond acceptors (Lipinski definition) is 11. The summed E-state index contributed by atoms with van der Waals surface area (Å²) in [5.41, 5.74) is 1.83. The monoisotopic (exact) mass is 917 g/mol. The molecule has 4 heterocycles. The smallest absolute Gasteiger partial charge is 0.421 e. The molecule has 13 nitrogen and oxygen atoms in total. The van der Waals surface area contributed by atoms with Gasteiger partial charge in [0.1, 0.15) is 42.3 Å². The van der Waals surface area contributed by atoms with E-state index in [-0.39, 0.29) is 38.0 Å². The number of esters is 1. The molecule has 0 bridgehead atoms. The number of ether oxygens (including phenoxy) is 5. The number of methoxy groups -OCH3 is 2. The maximum Gasteiger partial charge on any atom is 0.421 e. The van der Waals surface area contributed by atoms with Gasteiger partial charge in [0, 0.05) is 31.3 Å². The molecule has 5 aromatic rings. The molecular weight excluding hydrogens is 863 g/mol. The summed E-state index contributed by atoms with van der Waals surface area (Å²) in [5.74, 6) is 4.40. The van der Waals surface area contributed by atoms with Crippen LogP contribution in [0.3, 0.4) is 0 Å². The second-order valence-electron chi connectivity index (χ2n) is 17.5. The Morgan fingerprint density at radius 1 is 0.706 bits per heavy atom. The normalized spacial score (nSPS) is 23.4. The number of aliphatic hydroxyl groups is 1. The lowest BCUT2D eigenvalue weighted by molar-refractivity contribution is -0.179. The van der Waals surface area contributed by atoms with Crippen LogP contribution in [0.15, 0.2) is 127 Å². The predicted octanol–water partition coefficient (Wildman–Crippen LogP) is 7.71. The highest BCUT2D eigenvalue weighted by atomic mass is 16.6. The first-order chi connectivity index (χ1) is 33.3. The van der Waals surface area contributed by atoms with Gasteiger partial charge in [-0.2, -0.15) is 0 Å². The Bertz CT molecular complexity index is 2680. The van der Waals surface area contributed by atoms with Gasteiger partial charge in [0.2, 0.25) is 11.8 Å². The van der Waals surface area contributed by atoms with Crippen LogP contribution in [-0.2, 0) is 34.0 Å². The highest BCUT2D eigenvalue weighted by Crippen LogP contribution is 2.66. The molecule has 3 saturated heterocycles. The van der Waals surface area contributed by atoms with E-state index in [1.54, 1.807) is 48.4 Å².